The predicted molar refractivity (Wildman–Crippen MR) is 151 cm³/mol. The normalized spacial score (nSPS) is 13.6. The van der Waals surface area contributed by atoms with Crippen molar-refractivity contribution >= 4 is 46.4 Å². The maximum absolute atomic E-state index is 14.8. The Kier molecular flexibility index (Phi) is 9.30. The third-order valence-electron chi connectivity index (χ3n) is 6.59. The van der Waals surface area contributed by atoms with Crippen LogP contribution in [0.4, 0.5) is 23.4 Å². The molecule has 2 N–H and O–H groups in total. The van der Waals surface area contributed by atoms with E-state index in [0.717, 1.165) is 17.2 Å². The van der Waals surface area contributed by atoms with Crippen LogP contribution in [0.15, 0.2) is 41.5 Å². The van der Waals surface area contributed by atoms with Gasteiger partial charge in [-0.25, -0.2) is 14.2 Å². The molecule has 0 radical (unpaired) electrons. The summed E-state index contributed by atoms with van der Waals surface area (Å²) in [5.41, 5.74) is 2.99. The first-order chi connectivity index (χ1) is 20.2. The van der Waals surface area contributed by atoms with Crippen molar-refractivity contribution in [1.29, 1.82) is 0 Å². The number of hydrogen-bond acceptors (Lipinski definition) is 6. The van der Waals surface area contributed by atoms with E-state index < -0.39 is 18.0 Å². The van der Waals surface area contributed by atoms with Gasteiger partial charge in [-0.3, -0.25) is 19.0 Å². The molecule has 43 heavy (non-hydrogen) atoms. The fourth-order valence-corrected chi connectivity index (χ4v) is 4.94. The fourth-order valence-electron chi connectivity index (χ4n) is 4.49. The zero-order valence-corrected chi connectivity index (χ0v) is 24.2. The number of piperazine rings is 1. The SMILES string of the molecule is Cc1cnc(C)c(N2CCN(C(=O)c3cc(Cc4c[nH]c(=O)c5cc(Cl)c(Cl)n45)ccc3F)CC2)n1.O=C(O)C(F)(F)F. The number of H-pyrrole nitrogens is 1. The summed E-state index contributed by atoms with van der Waals surface area (Å²) in [5.74, 6) is -2.89. The highest BCUT2D eigenvalue weighted by Gasteiger charge is 2.38. The molecule has 0 saturated carbocycles. The maximum Gasteiger partial charge on any atom is 0.490 e. The quantitative estimate of drug-likeness (QED) is 0.310. The van der Waals surface area contributed by atoms with Gasteiger partial charge in [0.15, 0.2) is 0 Å². The molecule has 1 saturated heterocycles. The van der Waals surface area contributed by atoms with Crippen LogP contribution in [0.3, 0.4) is 0 Å². The van der Waals surface area contributed by atoms with Gasteiger partial charge in [0.1, 0.15) is 22.3 Å². The summed E-state index contributed by atoms with van der Waals surface area (Å²) in [7, 11) is 0. The van der Waals surface area contributed by atoms with E-state index in [4.69, 9.17) is 33.1 Å². The Hall–Kier alpha value is -4.17. The van der Waals surface area contributed by atoms with Crippen LogP contribution in [0, 0.1) is 19.7 Å². The predicted octanol–water partition coefficient (Wildman–Crippen LogP) is 4.67. The van der Waals surface area contributed by atoms with Gasteiger partial charge in [0, 0.05) is 50.7 Å². The molecule has 4 aromatic rings. The lowest BCUT2D eigenvalue weighted by Gasteiger charge is -2.36. The lowest BCUT2D eigenvalue weighted by molar-refractivity contribution is -0.192. The van der Waals surface area contributed by atoms with Gasteiger partial charge in [-0.2, -0.15) is 13.2 Å². The molecule has 1 fully saturated rings. The maximum atomic E-state index is 14.8. The molecule has 0 atom stereocenters. The minimum atomic E-state index is -5.08. The van der Waals surface area contributed by atoms with Crippen LogP contribution in [-0.2, 0) is 11.2 Å². The van der Waals surface area contributed by atoms with E-state index in [1.807, 2.05) is 13.8 Å². The van der Waals surface area contributed by atoms with Crippen LogP contribution >= 0.6 is 23.2 Å². The number of amides is 1. The second kappa shape index (κ2) is 12.6. The Morgan fingerprint density at radius 3 is 2.37 bits per heavy atom. The molecule has 1 aliphatic rings. The molecule has 0 spiro atoms. The monoisotopic (exact) mass is 642 g/mol. The molecule has 4 heterocycles. The molecule has 1 amide bonds. The lowest BCUT2D eigenvalue weighted by atomic mass is 10.0. The summed E-state index contributed by atoms with van der Waals surface area (Å²) in [5, 5.41) is 7.60. The zero-order valence-electron chi connectivity index (χ0n) is 22.7. The molecule has 1 aromatic carbocycles. The third kappa shape index (κ3) is 7.08. The number of carbonyl (C=O) groups excluding carboxylic acids is 1. The molecule has 5 rings (SSSR count). The summed E-state index contributed by atoms with van der Waals surface area (Å²) in [6.07, 6.45) is -1.51. The Morgan fingerprint density at radius 1 is 1.09 bits per heavy atom. The lowest BCUT2D eigenvalue weighted by Crippen LogP contribution is -2.49. The molecule has 0 aliphatic carbocycles. The molecule has 1 aliphatic heterocycles. The number of anilines is 1. The molecular weight excluding hydrogens is 619 g/mol. The van der Waals surface area contributed by atoms with Crippen LogP contribution < -0.4 is 10.5 Å². The van der Waals surface area contributed by atoms with Crippen molar-refractivity contribution in [3.8, 4) is 0 Å². The van der Waals surface area contributed by atoms with Gasteiger partial charge in [0.2, 0.25) is 0 Å². The van der Waals surface area contributed by atoms with E-state index >= 15 is 0 Å². The van der Waals surface area contributed by atoms with Crippen molar-refractivity contribution in [3.63, 3.8) is 0 Å². The largest absolute Gasteiger partial charge is 0.490 e. The fraction of sp³-hybridized carbons (Fsp3) is 0.296. The van der Waals surface area contributed by atoms with Crippen LogP contribution in [0.25, 0.3) is 5.52 Å². The standard InChI is InChI=1S/C25H23Cl2FN6O2.C2HF3O2/c1-14-12-29-15(2)23(31-14)32-5-7-33(8-6-32)25(36)18-10-16(3-4-20(18)28)9-17-13-30-24(35)21-11-19(26)22(27)34(17)21;3-2(4,5)1(6)7/h3-4,10-13H,5-9H2,1-2H3,(H,30,35);(H,6,7). The summed E-state index contributed by atoms with van der Waals surface area (Å²) in [6, 6.07) is 5.95. The molecule has 10 nitrogen and oxygen atoms in total. The number of aliphatic carboxylic acids is 1. The number of fused-ring (bicyclic) bond motifs is 1. The number of alkyl halides is 3. The van der Waals surface area contributed by atoms with Gasteiger partial charge < -0.3 is 19.9 Å². The number of aromatic nitrogens is 4. The van der Waals surface area contributed by atoms with E-state index in [1.165, 1.54) is 18.3 Å². The summed E-state index contributed by atoms with van der Waals surface area (Å²) in [4.78, 5) is 49.7. The van der Waals surface area contributed by atoms with Gasteiger partial charge in [0.25, 0.3) is 11.5 Å². The smallest absolute Gasteiger partial charge is 0.475 e. The minimum Gasteiger partial charge on any atom is -0.475 e. The zero-order chi connectivity index (χ0) is 31.6. The van der Waals surface area contributed by atoms with Crippen LogP contribution in [0.2, 0.25) is 10.2 Å². The number of carbonyl (C=O) groups is 2. The van der Waals surface area contributed by atoms with E-state index in [-0.39, 0.29) is 27.2 Å². The van der Waals surface area contributed by atoms with Crippen molar-refractivity contribution in [2.24, 2.45) is 0 Å². The van der Waals surface area contributed by atoms with Crippen molar-refractivity contribution in [2.75, 3.05) is 31.1 Å². The van der Waals surface area contributed by atoms with Gasteiger partial charge in [-0.15, -0.1) is 0 Å². The molecule has 0 unspecified atom stereocenters. The van der Waals surface area contributed by atoms with Gasteiger partial charge in [-0.1, -0.05) is 29.3 Å². The van der Waals surface area contributed by atoms with Crippen LogP contribution in [-0.4, -0.2) is 73.6 Å². The molecular formula is C27H24Cl2F4N6O4. The van der Waals surface area contributed by atoms with Crippen LogP contribution in [0.5, 0.6) is 0 Å². The van der Waals surface area contributed by atoms with Gasteiger partial charge in [0.05, 0.1) is 22.0 Å². The Labute approximate surface area is 251 Å². The highest BCUT2D eigenvalue weighted by Crippen LogP contribution is 2.27. The second-order valence-electron chi connectivity index (χ2n) is 9.61. The van der Waals surface area contributed by atoms with Crippen molar-refractivity contribution < 1.29 is 32.3 Å². The highest BCUT2D eigenvalue weighted by atomic mass is 35.5. The summed E-state index contributed by atoms with van der Waals surface area (Å²) < 4.78 is 48.1. The Bertz CT molecular complexity index is 1750. The van der Waals surface area contributed by atoms with Crippen molar-refractivity contribution in [1.82, 2.24) is 24.3 Å². The molecule has 228 valence electrons. The first-order valence-corrected chi connectivity index (χ1v) is 13.4. The number of nitrogens with one attached hydrogen (secondary N) is 1. The molecule has 3 aromatic heterocycles. The average molecular weight is 643 g/mol. The number of carboxylic acid groups (broad SMARTS) is 1. The van der Waals surface area contributed by atoms with Crippen LogP contribution in [0.1, 0.15) is 33.0 Å². The van der Waals surface area contributed by atoms with Gasteiger partial charge in [-0.05, 0) is 37.6 Å². The number of aryl methyl sites for hydroxylation is 2. The number of nitrogens with zero attached hydrogens (tertiary/aromatic N) is 5. The first-order valence-electron chi connectivity index (χ1n) is 12.7. The van der Waals surface area contributed by atoms with Crippen molar-refractivity contribution in [2.45, 2.75) is 26.4 Å². The number of benzene rings is 1. The molecule has 0 bridgehead atoms. The van der Waals surface area contributed by atoms with Gasteiger partial charge >= 0.3 is 12.1 Å². The molecule has 16 heteroatoms. The average Bonchev–Trinajstić information content (AvgIpc) is 3.27. The first kappa shape index (κ1) is 31.8. The highest BCUT2D eigenvalue weighted by molar-refractivity contribution is 6.42. The van der Waals surface area contributed by atoms with E-state index in [2.05, 4.69) is 19.9 Å². The van der Waals surface area contributed by atoms with E-state index in [0.29, 0.717) is 49.4 Å². The topological polar surface area (TPSA) is 124 Å². The van der Waals surface area contributed by atoms with E-state index in [9.17, 15) is 27.2 Å². The van der Waals surface area contributed by atoms with Crippen molar-refractivity contribution in [3.05, 3.63) is 91.2 Å². The summed E-state index contributed by atoms with van der Waals surface area (Å²) in [6.45, 7) is 5.83. The number of carboxylic acids is 1. The Morgan fingerprint density at radius 2 is 1.74 bits per heavy atom. The summed E-state index contributed by atoms with van der Waals surface area (Å²) >= 11 is 12.4. The Balaban J connectivity index is 0.000000541. The van der Waals surface area contributed by atoms with E-state index in [1.54, 1.807) is 27.6 Å². The number of hydrogen-bond donors (Lipinski definition) is 2. The third-order valence-corrected chi connectivity index (χ3v) is 7.35. The minimum absolute atomic E-state index is 0.00443. The number of halogens is 6. The second-order valence-corrected chi connectivity index (χ2v) is 10.4. The number of rotatable bonds is 4. The number of aromatic amines is 1.